The van der Waals surface area contributed by atoms with Crippen LogP contribution in [-0.2, 0) is 39.0 Å². The van der Waals surface area contributed by atoms with Gasteiger partial charge in [0.05, 0.1) is 0 Å². The fraction of sp³-hybridized carbons (Fsp3) is 0.179. The molecule has 0 aliphatic carbocycles. The standard InChI is InChI=1S/C16H13BrF2N3O3PS.C12H12BrF2N2O3PS/c17-13-8-10(6-7-12(13)16(18,19)26(23,24)25)9-27-15-20-14(21-22-15)11-4-2-1-3-5-11;1-17-5-4-16-11(17)22-7-8-2-3-9(10(13)6-8)12(14,15)21(18,19)20/h1-8H,9H2,(H,20,21,22)(H2,23,24,25);2-6H,7H2,1H3,(H2,18,19,20). The molecule has 0 bridgehead atoms. The van der Waals surface area contributed by atoms with Crippen LogP contribution < -0.4 is 0 Å². The third-order valence-electron chi connectivity index (χ3n) is 6.47. The van der Waals surface area contributed by atoms with Crippen molar-refractivity contribution < 1.29 is 46.3 Å². The summed E-state index contributed by atoms with van der Waals surface area (Å²) in [7, 11) is -9.35. The highest BCUT2D eigenvalue weighted by molar-refractivity contribution is 9.10. The lowest BCUT2D eigenvalue weighted by Crippen LogP contribution is -2.14. The number of halogens is 6. The van der Waals surface area contributed by atoms with Crippen LogP contribution in [-0.4, -0.2) is 44.3 Å². The third kappa shape index (κ3) is 9.73. The van der Waals surface area contributed by atoms with Crippen LogP contribution in [0.3, 0.4) is 0 Å². The molecule has 3 aromatic carbocycles. The smallest absolute Gasteiger partial charge is 0.329 e. The van der Waals surface area contributed by atoms with E-state index in [9.17, 15) is 26.7 Å². The van der Waals surface area contributed by atoms with Gasteiger partial charge in [0.15, 0.2) is 11.0 Å². The lowest BCUT2D eigenvalue weighted by molar-refractivity contribution is 0.0557. The van der Waals surface area contributed by atoms with Gasteiger partial charge in [-0.25, -0.2) is 9.97 Å². The maximum absolute atomic E-state index is 13.8. The Hall–Kier alpha value is -2.31. The van der Waals surface area contributed by atoms with Gasteiger partial charge in [-0.2, -0.15) is 17.6 Å². The molecule has 0 unspecified atom stereocenters. The van der Waals surface area contributed by atoms with Crippen LogP contribution in [0.15, 0.2) is 98.4 Å². The summed E-state index contributed by atoms with van der Waals surface area (Å²) in [5.41, 5.74) is -7.68. The molecule has 0 spiro atoms. The third-order valence-corrected chi connectivity index (χ3v) is 11.8. The lowest BCUT2D eigenvalue weighted by atomic mass is 10.1. The molecule has 0 aliphatic rings. The maximum Gasteiger partial charge on any atom is 0.399 e. The topological polar surface area (TPSA) is 174 Å². The van der Waals surface area contributed by atoms with Crippen molar-refractivity contribution in [3.05, 3.63) is 110 Å². The number of hydrogen-bond acceptors (Lipinski definition) is 7. The van der Waals surface area contributed by atoms with Crippen molar-refractivity contribution >= 4 is 70.6 Å². The van der Waals surface area contributed by atoms with E-state index in [1.54, 1.807) is 12.4 Å². The van der Waals surface area contributed by atoms with Gasteiger partial charge in [0.2, 0.25) is 5.16 Å². The van der Waals surface area contributed by atoms with Gasteiger partial charge in [-0.15, -0.1) is 5.10 Å². The Balaban J connectivity index is 0.000000226. The van der Waals surface area contributed by atoms with Crippen LogP contribution >= 0.6 is 70.6 Å². The summed E-state index contributed by atoms with van der Waals surface area (Å²) in [5, 5.41) is 8.22. The van der Waals surface area contributed by atoms with Crippen molar-refractivity contribution in [2.75, 3.05) is 0 Å². The SMILES string of the molecule is Cn1ccnc1SCc1ccc(C(F)(F)P(=O)(O)O)c(Br)c1.O=P(O)(O)C(F)(F)c1ccc(CSc2n[nH]c(-c3ccccc3)n2)cc1Br. The molecule has 262 valence electrons. The van der Waals surface area contributed by atoms with Crippen molar-refractivity contribution in [2.24, 2.45) is 7.05 Å². The Kier molecular flexibility index (Phi) is 12.8. The van der Waals surface area contributed by atoms with E-state index in [1.807, 2.05) is 41.9 Å². The van der Waals surface area contributed by atoms with E-state index in [4.69, 9.17) is 19.6 Å². The minimum absolute atomic E-state index is 0.0428. The van der Waals surface area contributed by atoms with Crippen LogP contribution in [0.1, 0.15) is 22.3 Å². The van der Waals surface area contributed by atoms with E-state index in [-0.39, 0.29) is 8.95 Å². The summed E-state index contributed by atoms with van der Waals surface area (Å²) in [6.07, 6.45) is 3.45. The molecule has 0 radical (unpaired) electrons. The van der Waals surface area contributed by atoms with Gasteiger partial charge >= 0.3 is 26.5 Å². The number of alkyl halides is 4. The van der Waals surface area contributed by atoms with Crippen molar-refractivity contribution in [2.45, 2.75) is 33.1 Å². The number of rotatable bonds is 11. The Labute approximate surface area is 301 Å². The number of aryl methyl sites for hydroxylation is 1. The van der Waals surface area contributed by atoms with Gasteiger partial charge in [0.25, 0.3) is 0 Å². The highest BCUT2D eigenvalue weighted by atomic mass is 79.9. The summed E-state index contributed by atoms with van der Waals surface area (Å²) in [6.45, 7) is 0. The number of H-pyrrole nitrogens is 1. The molecule has 0 saturated carbocycles. The molecule has 11 nitrogen and oxygen atoms in total. The zero-order valence-corrected chi connectivity index (χ0v) is 31.4. The first-order chi connectivity index (χ1) is 22.8. The number of aromatic nitrogens is 5. The molecule has 0 atom stereocenters. The summed E-state index contributed by atoms with van der Waals surface area (Å²) in [5.74, 6) is 1.51. The molecular formula is C28H25Br2F4N5O6P2S2. The first-order valence-electron chi connectivity index (χ1n) is 13.5. The molecule has 5 rings (SSSR count). The number of aromatic amines is 1. The molecule has 0 amide bonds. The van der Waals surface area contributed by atoms with E-state index in [0.717, 1.165) is 28.4 Å². The Morgan fingerprint density at radius 2 is 1.33 bits per heavy atom. The number of hydrogen-bond donors (Lipinski definition) is 5. The minimum atomic E-state index is -5.62. The second kappa shape index (κ2) is 15.9. The summed E-state index contributed by atoms with van der Waals surface area (Å²) >= 11 is 8.65. The number of imidazole rings is 1. The van der Waals surface area contributed by atoms with E-state index in [1.165, 1.54) is 47.8 Å². The quantitative estimate of drug-likeness (QED) is 0.0489. The number of benzene rings is 3. The second-order valence-electron chi connectivity index (χ2n) is 10.0. The van der Waals surface area contributed by atoms with Crippen LogP contribution in [0.2, 0.25) is 0 Å². The van der Waals surface area contributed by atoms with Gasteiger partial charge in [0, 0.05) is 56.6 Å². The number of thioether (sulfide) groups is 2. The predicted molar refractivity (Wildman–Crippen MR) is 184 cm³/mol. The van der Waals surface area contributed by atoms with E-state index < -0.39 is 37.6 Å². The van der Waals surface area contributed by atoms with Crippen molar-refractivity contribution in [3.8, 4) is 11.4 Å². The van der Waals surface area contributed by atoms with E-state index >= 15 is 0 Å². The molecule has 21 heteroatoms. The van der Waals surface area contributed by atoms with Crippen LogP contribution in [0, 0.1) is 0 Å². The molecule has 0 saturated heterocycles. The fourth-order valence-electron chi connectivity index (χ4n) is 3.92. The van der Waals surface area contributed by atoms with Gasteiger partial charge in [0.1, 0.15) is 0 Å². The first kappa shape index (κ1) is 39.5. The van der Waals surface area contributed by atoms with Gasteiger partial charge in [-0.1, -0.05) is 110 Å². The van der Waals surface area contributed by atoms with E-state index in [2.05, 4.69) is 52.0 Å². The molecule has 2 aromatic heterocycles. The monoisotopic (exact) mass is 887 g/mol. The molecule has 49 heavy (non-hydrogen) atoms. The van der Waals surface area contributed by atoms with Gasteiger partial charge in [-0.3, -0.25) is 14.2 Å². The molecular weight excluding hydrogens is 864 g/mol. The zero-order chi connectivity index (χ0) is 36.2. The normalized spacial score (nSPS) is 12.5. The lowest BCUT2D eigenvalue weighted by Gasteiger charge is -2.19. The van der Waals surface area contributed by atoms with Gasteiger partial charge in [-0.05, 0) is 23.3 Å². The van der Waals surface area contributed by atoms with Crippen LogP contribution in [0.4, 0.5) is 17.6 Å². The number of nitrogens with one attached hydrogen (secondary N) is 1. The van der Waals surface area contributed by atoms with Crippen molar-refractivity contribution in [1.82, 2.24) is 24.7 Å². The highest BCUT2D eigenvalue weighted by Crippen LogP contribution is 2.61. The first-order valence-corrected chi connectivity index (χ1v) is 20.2. The Morgan fingerprint density at radius 3 is 1.78 bits per heavy atom. The van der Waals surface area contributed by atoms with Gasteiger partial charge < -0.3 is 24.1 Å². The fourth-order valence-corrected chi connectivity index (χ4v) is 8.21. The van der Waals surface area contributed by atoms with Crippen molar-refractivity contribution in [1.29, 1.82) is 0 Å². The average molecular weight is 889 g/mol. The Morgan fingerprint density at radius 1 is 0.816 bits per heavy atom. The Bertz CT molecular complexity index is 2010. The average Bonchev–Trinajstić information content (AvgIpc) is 3.67. The molecule has 5 N–H and O–H groups in total. The molecule has 0 fully saturated rings. The zero-order valence-electron chi connectivity index (χ0n) is 24.8. The largest absolute Gasteiger partial charge is 0.399 e. The molecule has 0 aliphatic heterocycles. The summed E-state index contributed by atoms with van der Waals surface area (Å²) < 4.78 is 78.8. The molecule has 5 aromatic rings. The van der Waals surface area contributed by atoms with Crippen LogP contribution in [0.5, 0.6) is 0 Å². The minimum Gasteiger partial charge on any atom is -0.329 e. The molecule has 2 heterocycles. The summed E-state index contributed by atoms with van der Waals surface area (Å²) in [4.78, 5) is 43.8. The number of nitrogens with zero attached hydrogens (tertiary/aromatic N) is 4. The maximum atomic E-state index is 13.8. The highest BCUT2D eigenvalue weighted by Gasteiger charge is 2.52. The summed E-state index contributed by atoms with van der Waals surface area (Å²) in [6, 6.07) is 17.1. The van der Waals surface area contributed by atoms with E-state index in [0.29, 0.717) is 28.0 Å². The second-order valence-corrected chi connectivity index (χ2v) is 16.9. The van der Waals surface area contributed by atoms with Crippen LogP contribution in [0.25, 0.3) is 11.4 Å². The predicted octanol–water partition coefficient (Wildman–Crippen LogP) is 8.46. The van der Waals surface area contributed by atoms with Crippen molar-refractivity contribution in [3.63, 3.8) is 0 Å².